The molecule has 0 N–H and O–H groups in total. The van der Waals surface area contributed by atoms with Gasteiger partial charge in [-0.05, 0) is 90.8 Å². The second kappa shape index (κ2) is 12.9. The highest BCUT2D eigenvalue weighted by Crippen LogP contribution is 2.46. The predicted octanol–water partition coefficient (Wildman–Crippen LogP) is 7.55. The largest absolute Gasteiger partial charge is 0.455 e. The molecule has 250 valence electrons. The van der Waals surface area contributed by atoms with Crippen molar-refractivity contribution in [2.24, 2.45) is 0 Å². The lowest BCUT2D eigenvalue weighted by Crippen LogP contribution is -2.23. The summed E-state index contributed by atoms with van der Waals surface area (Å²) in [4.78, 5) is 0. The molecular weight excluding hydrogens is 695 g/mol. The molecule has 4 atom stereocenters. The molecule has 4 radical (unpaired) electrons. The summed E-state index contributed by atoms with van der Waals surface area (Å²) in [6.45, 7) is 6.68. The van der Waals surface area contributed by atoms with Crippen LogP contribution in [-0.4, -0.2) is 21.4 Å². The molecule has 1 aliphatic carbocycles. The molecule has 2 aromatic heterocycles. The van der Waals surface area contributed by atoms with Crippen molar-refractivity contribution in [2.45, 2.75) is 45.6 Å². The van der Waals surface area contributed by atoms with E-state index >= 15 is 8.78 Å². The zero-order chi connectivity index (χ0) is 37.5. The highest BCUT2D eigenvalue weighted by molar-refractivity contribution is 7.28. The lowest BCUT2D eigenvalue weighted by molar-refractivity contribution is 0.579. The Labute approximate surface area is 304 Å². The number of nitriles is 3. The van der Waals surface area contributed by atoms with Crippen molar-refractivity contribution in [1.82, 2.24) is 0 Å². The van der Waals surface area contributed by atoms with Gasteiger partial charge in [0.05, 0.1) is 19.1 Å². The summed E-state index contributed by atoms with van der Waals surface area (Å²) in [5.74, 6) is -2.69. The Morgan fingerprint density at radius 3 is 1.98 bits per heavy atom. The number of furan rings is 2. The van der Waals surface area contributed by atoms with Crippen LogP contribution in [0.4, 0.5) is 13.2 Å². The van der Waals surface area contributed by atoms with E-state index in [0.29, 0.717) is 66.6 Å². The van der Waals surface area contributed by atoms with Crippen molar-refractivity contribution in [3.05, 3.63) is 86.6 Å². The Balaban J connectivity index is 1.65. The van der Waals surface area contributed by atoms with Crippen molar-refractivity contribution in [1.29, 1.82) is 15.8 Å². The molecule has 4 unspecified atom stereocenters. The standard InChI is InChI=1S/C40H26B2F3N3O2P2/c1-5-18(12-46)26-30-22-9-7-20(29-32(41)35(44)17(4)36(45)40(29)52)11-25(22)50-38(30)27(21(13-47)14-48)31-23-8-6-19(10-24(23)49-37(26)31)28-33(42)39(51)16(3)15(2)34(28)43/h6-11,33,39H,5,51-52H2,1-4H3/b26-18-. The van der Waals surface area contributed by atoms with Crippen molar-refractivity contribution < 1.29 is 22.0 Å². The number of hydrogen-bond acceptors (Lipinski definition) is 5. The van der Waals surface area contributed by atoms with E-state index in [9.17, 15) is 20.2 Å². The van der Waals surface area contributed by atoms with Gasteiger partial charge < -0.3 is 8.83 Å². The zero-order valence-electron chi connectivity index (χ0n) is 28.4. The maximum Gasteiger partial charge on any atom is 0.146 e. The molecule has 6 aromatic rings. The summed E-state index contributed by atoms with van der Waals surface area (Å²) >= 11 is 0. The van der Waals surface area contributed by atoms with Gasteiger partial charge >= 0.3 is 0 Å². The lowest BCUT2D eigenvalue weighted by Gasteiger charge is -2.31. The van der Waals surface area contributed by atoms with Gasteiger partial charge in [0.2, 0.25) is 0 Å². The van der Waals surface area contributed by atoms with Crippen LogP contribution in [-0.2, 0) is 0 Å². The third kappa shape index (κ3) is 4.91. The molecule has 5 nitrogen and oxygen atoms in total. The molecule has 0 saturated carbocycles. The van der Waals surface area contributed by atoms with Crippen LogP contribution in [0.2, 0.25) is 5.82 Å². The summed E-state index contributed by atoms with van der Waals surface area (Å²) in [6, 6.07) is 16.2. The molecule has 1 aliphatic rings. The second-order valence-electron chi connectivity index (χ2n) is 12.9. The summed E-state index contributed by atoms with van der Waals surface area (Å²) in [5, 5.41) is 33.3. The molecule has 12 heteroatoms. The summed E-state index contributed by atoms with van der Waals surface area (Å²) < 4.78 is 58.8. The fraction of sp³-hybridized carbons (Fsp3) is 0.175. The van der Waals surface area contributed by atoms with E-state index < -0.39 is 23.3 Å². The van der Waals surface area contributed by atoms with Crippen molar-refractivity contribution >= 4 is 106 Å². The van der Waals surface area contributed by atoms with Crippen molar-refractivity contribution in [2.75, 3.05) is 0 Å². The van der Waals surface area contributed by atoms with E-state index in [4.69, 9.17) is 24.5 Å². The maximum atomic E-state index is 15.8. The smallest absolute Gasteiger partial charge is 0.146 e. The molecule has 2 heterocycles. The average Bonchev–Trinajstić information content (AvgIpc) is 3.71. The fourth-order valence-electron chi connectivity index (χ4n) is 7.28. The van der Waals surface area contributed by atoms with Gasteiger partial charge in [0, 0.05) is 43.2 Å². The molecule has 52 heavy (non-hydrogen) atoms. The quantitative estimate of drug-likeness (QED) is 0.139. The van der Waals surface area contributed by atoms with Crippen LogP contribution in [0.15, 0.2) is 62.2 Å². The number of hydrogen-bond donors (Lipinski definition) is 0. The number of halogens is 3. The highest BCUT2D eigenvalue weighted by Gasteiger charge is 2.31. The Morgan fingerprint density at radius 2 is 1.40 bits per heavy atom. The Kier molecular flexibility index (Phi) is 8.75. The molecule has 0 amide bonds. The van der Waals surface area contributed by atoms with Gasteiger partial charge in [-0.15, -0.1) is 18.5 Å². The van der Waals surface area contributed by atoms with E-state index in [2.05, 4.69) is 24.5 Å². The van der Waals surface area contributed by atoms with Gasteiger partial charge in [-0.2, -0.15) is 15.8 Å². The minimum absolute atomic E-state index is 0.0756. The fourth-order valence-corrected chi connectivity index (χ4v) is 8.26. The first-order chi connectivity index (χ1) is 24.8. The molecule has 0 bridgehead atoms. The van der Waals surface area contributed by atoms with Gasteiger partial charge in [-0.1, -0.05) is 30.1 Å². The van der Waals surface area contributed by atoms with Crippen LogP contribution < -0.4 is 21.2 Å². The Bertz CT molecular complexity index is 2910. The van der Waals surface area contributed by atoms with Gasteiger partial charge in [0.15, 0.2) is 0 Å². The van der Waals surface area contributed by atoms with E-state index in [1.807, 2.05) is 26.0 Å². The zero-order valence-corrected chi connectivity index (χ0v) is 30.7. The molecule has 0 saturated heterocycles. The first-order valence-electron chi connectivity index (χ1n) is 16.2. The Hall–Kier alpha value is -5.05. The molecule has 0 aliphatic heterocycles. The number of allylic oxidation sites excluding steroid dienone is 4. The molecular formula is C40H26B2F3N3O2P2. The third-order valence-corrected chi connectivity index (χ3v) is 11.7. The lowest BCUT2D eigenvalue weighted by atomic mass is 9.69. The predicted molar refractivity (Wildman–Crippen MR) is 208 cm³/mol. The minimum atomic E-state index is -0.874. The van der Waals surface area contributed by atoms with Crippen LogP contribution in [0.1, 0.15) is 38.3 Å². The maximum absolute atomic E-state index is 15.8. The van der Waals surface area contributed by atoms with Crippen molar-refractivity contribution in [3.63, 3.8) is 0 Å². The van der Waals surface area contributed by atoms with E-state index in [1.165, 1.54) is 6.92 Å². The average molecular weight is 721 g/mol. The topological polar surface area (TPSA) is 97.7 Å². The normalized spacial score (nSPS) is 16.9. The molecule has 4 aromatic carbocycles. The van der Waals surface area contributed by atoms with E-state index in [-0.39, 0.29) is 55.1 Å². The SMILES string of the molecule is [B]c1c(F)c(C)c(F)c(P)c1-c1ccc2c(c1)oc1c(=C(C#N)C#N)c3c(oc4cc(C5=C(F)C(C)=C(C)C(P)C5[B])ccc43)/c(=C(\C#N)CC)c12. The summed E-state index contributed by atoms with van der Waals surface area (Å²) in [7, 11) is 17.7. The van der Waals surface area contributed by atoms with Gasteiger partial charge in [0.25, 0.3) is 0 Å². The Morgan fingerprint density at radius 1 is 0.846 bits per heavy atom. The minimum Gasteiger partial charge on any atom is -0.455 e. The van der Waals surface area contributed by atoms with Gasteiger partial charge in [-0.3, -0.25) is 0 Å². The van der Waals surface area contributed by atoms with Gasteiger partial charge in [0.1, 0.15) is 65.4 Å². The van der Waals surface area contributed by atoms with Crippen LogP contribution in [0.5, 0.6) is 0 Å². The number of benzene rings is 4. The molecule has 0 fully saturated rings. The number of rotatable bonds is 3. The molecule has 7 rings (SSSR count). The monoisotopic (exact) mass is 721 g/mol. The first kappa shape index (κ1) is 35.4. The third-order valence-electron chi connectivity index (χ3n) is 10.2. The van der Waals surface area contributed by atoms with Crippen LogP contribution >= 0.6 is 18.5 Å². The number of fused-ring (bicyclic) bond motifs is 6. The number of nitrogens with zero attached hydrogens (tertiary/aromatic N) is 3. The summed E-state index contributed by atoms with van der Waals surface area (Å²) in [6.07, 6.45) is 0.294. The van der Waals surface area contributed by atoms with Gasteiger partial charge in [-0.25, -0.2) is 13.2 Å². The van der Waals surface area contributed by atoms with Crippen LogP contribution in [0, 0.1) is 52.6 Å². The summed E-state index contributed by atoms with van der Waals surface area (Å²) in [5.41, 5.74) is 3.04. The van der Waals surface area contributed by atoms with E-state index in [0.717, 1.165) is 5.57 Å². The van der Waals surface area contributed by atoms with Crippen molar-refractivity contribution in [3.8, 4) is 29.3 Å². The first-order valence-corrected chi connectivity index (χ1v) is 17.5. The highest BCUT2D eigenvalue weighted by atomic mass is 31.0. The van der Waals surface area contributed by atoms with E-state index in [1.54, 1.807) is 43.3 Å². The molecule has 0 spiro atoms. The second-order valence-corrected chi connectivity index (χ2v) is 14.2. The van der Waals surface area contributed by atoms with Crippen LogP contribution in [0.3, 0.4) is 0 Å². The van der Waals surface area contributed by atoms with Crippen LogP contribution in [0.25, 0.3) is 71.7 Å².